The van der Waals surface area contributed by atoms with E-state index in [1.165, 1.54) is 16.7 Å². The van der Waals surface area contributed by atoms with Gasteiger partial charge in [0.25, 0.3) is 5.91 Å². The SMILES string of the molecule is Cc1ccc(NC(=O)CSC2=NCC(=O)N2c2ccccc2Cl)c(C)c1. The molecule has 0 bridgehead atoms. The molecule has 0 aromatic heterocycles. The molecule has 26 heavy (non-hydrogen) atoms. The van der Waals surface area contributed by atoms with E-state index >= 15 is 0 Å². The van der Waals surface area contributed by atoms with Gasteiger partial charge in [0.15, 0.2) is 5.17 Å². The normalized spacial score (nSPS) is 13.7. The molecule has 0 fully saturated rings. The van der Waals surface area contributed by atoms with Crippen LogP contribution in [-0.4, -0.2) is 29.3 Å². The molecule has 0 spiro atoms. The van der Waals surface area contributed by atoms with Gasteiger partial charge in [-0.1, -0.05) is 53.2 Å². The van der Waals surface area contributed by atoms with Crippen LogP contribution < -0.4 is 10.2 Å². The summed E-state index contributed by atoms with van der Waals surface area (Å²) in [5.74, 6) is -0.154. The van der Waals surface area contributed by atoms with Gasteiger partial charge < -0.3 is 5.32 Å². The molecule has 0 saturated heterocycles. The molecular weight excluding hydrogens is 370 g/mol. The maximum atomic E-state index is 12.3. The molecule has 0 atom stereocenters. The minimum atomic E-state index is -0.157. The lowest BCUT2D eigenvalue weighted by Crippen LogP contribution is -2.31. The van der Waals surface area contributed by atoms with E-state index in [9.17, 15) is 9.59 Å². The van der Waals surface area contributed by atoms with Gasteiger partial charge in [-0.15, -0.1) is 0 Å². The van der Waals surface area contributed by atoms with Crippen molar-refractivity contribution in [2.45, 2.75) is 13.8 Å². The van der Waals surface area contributed by atoms with Crippen LogP contribution in [0, 0.1) is 13.8 Å². The highest BCUT2D eigenvalue weighted by molar-refractivity contribution is 8.14. The second-order valence-corrected chi connectivity index (χ2v) is 7.28. The number of para-hydroxylation sites is 1. The minimum Gasteiger partial charge on any atom is -0.325 e. The van der Waals surface area contributed by atoms with Crippen LogP contribution in [0.3, 0.4) is 0 Å². The maximum absolute atomic E-state index is 12.3. The van der Waals surface area contributed by atoms with Crippen molar-refractivity contribution in [3.63, 3.8) is 0 Å². The highest BCUT2D eigenvalue weighted by Crippen LogP contribution is 2.30. The van der Waals surface area contributed by atoms with E-state index in [-0.39, 0.29) is 24.1 Å². The number of aryl methyl sites for hydroxylation is 2. The Morgan fingerprint density at radius 3 is 2.77 bits per heavy atom. The quantitative estimate of drug-likeness (QED) is 0.861. The fourth-order valence-electron chi connectivity index (χ4n) is 2.63. The van der Waals surface area contributed by atoms with Crippen molar-refractivity contribution in [1.82, 2.24) is 0 Å². The van der Waals surface area contributed by atoms with Gasteiger partial charge in [0, 0.05) is 5.69 Å². The molecule has 2 aromatic carbocycles. The Balaban J connectivity index is 1.66. The third kappa shape index (κ3) is 4.08. The molecule has 1 N–H and O–H groups in total. The maximum Gasteiger partial charge on any atom is 0.254 e. The number of halogens is 1. The molecule has 0 saturated carbocycles. The van der Waals surface area contributed by atoms with Crippen molar-refractivity contribution in [1.29, 1.82) is 0 Å². The number of amidine groups is 1. The molecule has 1 aliphatic rings. The van der Waals surface area contributed by atoms with E-state index in [1.54, 1.807) is 18.2 Å². The zero-order valence-corrected chi connectivity index (χ0v) is 16.0. The summed E-state index contributed by atoms with van der Waals surface area (Å²) >= 11 is 7.42. The van der Waals surface area contributed by atoms with Crippen molar-refractivity contribution in [3.05, 3.63) is 58.6 Å². The Labute approximate surface area is 161 Å². The highest BCUT2D eigenvalue weighted by atomic mass is 35.5. The number of carbonyl (C=O) groups excluding carboxylic acids is 2. The first-order chi connectivity index (χ1) is 12.5. The van der Waals surface area contributed by atoms with Crippen LogP contribution in [0.4, 0.5) is 11.4 Å². The van der Waals surface area contributed by atoms with Gasteiger partial charge in [0.1, 0.15) is 6.54 Å². The molecule has 0 radical (unpaired) electrons. The zero-order chi connectivity index (χ0) is 18.7. The van der Waals surface area contributed by atoms with Crippen molar-refractivity contribution in [2.24, 2.45) is 4.99 Å². The standard InChI is InChI=1S/C19H18ClN3O2S/c1-12-7-8-15(13(2)9-12)22-17(24)11-26-19-21-10-18(25)23(19)16-6-4-3-5-14(16)20/h3-9H,10-11H2,1-2H3,(H,22,24). The number of hydrogen-bond acceptors (Lipinski definition) is 4. The Morgan fingerprint density at radius 2 is 2.04 bits per heavy atom. The lowest BCUT2D eigenvalue weighted by atomic mass is 10.1. The van der Waals surface area contributed by atoms with Gasteiger partial charge in [-0.05, 0) is 37.6 Å². The predicted molar refractivity (Wildman–Crippen MR) is 108 cm³/mol. The Kier molecular flexibility index (Phi) is 5.64. The van der Waals surface area contributed by atoms with Crippen LogP contribution in [0.25, 0.3) is 0 Å². The largest absolute Gasteiger partial charge is 0.325 e. The van der Waals surface area contributed by atoms with Gasteiger partial charge in [0.2, 0.25) is 5.91 Å². The number of thioether (sulfide) groups is 1. The number of nitrogens with one attached hydrogen (secondary N) is 1. The summed E-state index contributed by atoms with van der Waals surface area (Å²) in [5.41, 5.74) is 3.52. The van der Waals surface area contributed by atoms with Crippen LogP contribution in [0.1, 0.15) is 11.1 Å². The van der Waals surface area contributed by atoms with Crippen molar-refractivity contribution in [3.8, 4) is 0 Å². The molecule has 1 heterocycles. The molecule has 0 unspecified atom stereocenters. The average molecular weight is 388 g/mol. The Morgan fingerprint density at radius 1 is 1.27 bits per heavy atom. The summed E-state index contributed by atoms with van der Waals surface area (Å²) in [6, 6.07) is 12.9. The number of aliphatic imine (C=N–C) groups is 1. The predicted octanol–water partition coefficient (Wildman–Crippen LogP) is 4.03. The summed E-state index contributed by atoms with van der Waals surface area (Å²) in [5, 5.41) is 3.85. The first-order valence-corrected chi connectivity index (χ1v) is 9.44. The van der Waals surface area contributed by atoms with E-state index in [1.807, 2.05) is 38.1 Å². The van der Waals surface area contributed by atoms with E-state index in [0.717, 1.165) is 16.8 Å². The van der Waals surface area contributed by atoms with Crippen molar-refractivity contribution >= 4 is 51.7 Å². The molecule has 2 amide bonds. The number of amides is 2. The molecule has 7 heteroatoms. The van der Waals surface area contributed by atoms with Crippen LogP contribution in [0.2, 0.25) is 5.02 Å². The second-order valence-electron chi connectivity index (χ2n) is 5.93. The minimum absolute atomic E-state index is 0.0618. The lowest BCUT2D eigenvalue weighted by molar-refractivity contribution is -0.116. The van der Waals surface area contributed by atoms with Crippen LogP contribution in [-0.2, 0) is 9.59 Å². The topological polar surface area (TPSA) is 61.8 Å². The van der Waals surface area contributed by atoms with Crippen molar-refractivity contribution in [2.75, 3.05) is 22.5 Å². The van der Waals surface area contributed by atoms with Gasteiger partial charge in [0.05, 0.1) is 16.5 Å². The molecule has 2 aromatic rings. The number of benzene rings is 2. The molecular formula is C19H18ClN3O2S. The molecule has 134 valence electrons. The smallest absolute Gasteiger partial charge is 0.254 e. The summed E-state index contributed by atoms with van der Waals surface area (Å²) in [7, 11) is 0. The number of carbonyl (C=O) groups is 2. The van der Waals surface area contributed by atoms with E-state index in [4.69, 9.17) is 11.6 Å². The fraction of sp³-hybridized carbons (Fsp3) is 0.211. The van der Waals surface area contributed by atoms with Crippen LogP contribution in [0.5, 0.6) is 0 Å². The molecule has 3 rings (SSSR count). The molecule has 1 aliphatic heterocycles. The summed E-state index contributed by atoms with van der Waals surface area (Å²) in [4.78, 5) is 30.2. The van der Waals surface area contributed by atoms with E-state index in [2.05, 4.69) is 10.3 Å². The van der Waals surface area contributed by atoms with E-state index in [0.29, 0.717) is 15.9 Å². The van der Waals surface area contributed by atoms with Gasteiger partial charge in [-0.25, -0.2) is 0 Å². The third-order valence-electron chi connectivity index (χ3n) is 3.87. The fourth-order valence-corrected chi connectivity index (χ4v) is 3.67. The van der Waals surface area contributed by atoms with E-state index < -0.39 is 0 Å². The van der Waals surface area contributed by atoms with Crippen LogP contribution in [0.15, 0.2) is 47.5 Å². The molecule has 0 aliphatic carbocycles. The Bertz CT molecular complexity index is 898. The number of anilines is 2. The summed E-state index contributed by atoms with van der Waals surface area (Å²) in [6.45, 7) is 4.02. The van der Waals surface area contributed by atoms with Gasteiger partial charge >= 0.3 is 0 Å². The highest BCUT2D eigenvalue weighted by Gasteiger charge is 2.29. The Hall–Kier alpha value is -2.31. The van der Waals surface area contributed by atoms with Crippen LogP contribution >= 0.6 is 23.4 Å². The van der Waals surface area contributed by atoms with Gasteiger partial charge in [-0.3, -0.25) is 19.5 Å². The average Bonchev–Trinajstić information content (AvgIpc) is 2.97. The first kappa shape index (κ1) is 18.5. The zero-order valence-electron chi connectivity index (χ0n) is 14.5. The number of hydrogen-bond donors (Lipinski definition) is 1. The summed E-state index contributed by atoms with van der Waals surface area (Å²) in [6.07, 6.45) is 0. The third-order valence-corrected chi connectivity index (χ3v) is 5.17. The first-order valence-electron chi connectivity index (χ1n) is 8.07. The second kappa shape index (κ2) is 7.93. The monoisotopic (exact) mass is 387 g/mol. The summed E-state index contributed by atoms with van der Waals surface area (Å²) < 4.78 is 0. The lowest BCUT2D eigenvalue weighted by Gasteiger charge is -2.19. The van der Waals surface area contributed by atoms with Crippen molar-refractivity contribution < 1.29 is 9.59 Å². The van der Waals surface area contributed by atoms with Gasteiger partial charge in [-0.2, -0.15) is 0 Å². The number of nitrogens with zero attached hydrogens (tertiary/aromatic N) is 2. The molecule has 5 nitrogen and oxygen atoms in total. The number of rotatable bonds is 4.